The van der Waals surface area contributed by atoms with Crippen molar-refractivity contribution in [2.75, 3.05) is 25.8 Å². The Balaban J connectivity index is 2.79. The fourth-order valence-corrected chi connectivity index (χ4v) is 1.02. The molecule has 0 aliphatic rings. The van der Waals surface area contributed by atoms with Gasteiger partial charge in [0.1, 0.15) is 12.5 Å². The maximum atomic E-state index is 13.1. The molecule has 0 atom stereocenters. The van der Waals surface area contributed by atoms with Crippen molar-refractivity contribution in [2.45, 2.75) is 0 Å². The molecule has 0 saturated heterocycles. The molecule has 1 aromatic carbocycles. The molecule has 0 radical (unpaired) electrons. The lowest BCUT2D eigenvalue weighted by molar-refractivity contribution is 0.201. The molecule has 0 aliphatic heterocycles. The summed E-state index contributed by atoms with van der Waals surface area (Å²) in [6, 6.07) is 6.61. The number of hydrogen-bond acceptors (Lipinski definition) is 2. The second-order valence-corrected chi connectivity index (χ2v) is 2.57. The van der Waals surface area contributed by atoms with Crippen molar-refractivity contribution in [3.8, 4) is 0 Å². The second-order valence-electron chi connectivity index (χ2n) is 2.57. The Morgan fingerprint density at radius 2 is 2.08 bits per heavy atom. The van der Waals surface area contributed by atoms with Gasteiger partial charge < -0.3 is 9.64 Å². The third-order valence-corrected chi connectivity index (χ3v) is 1.59. The summed E-state index contributed by atoms with van der Waals surface area (Å²) in [5.74, 6) is -0.225. The first-order valence-corrected chi connectivity index (χ1v) is 3.70. The van der Waals surface area contributed by atoms with Crippen molar-refractivity contribution in [1.29, 1.82) is 0 Å². The topological polar surface area (TPSA) is 12.5 Å². The van der Waals surface area contributed by atoms with E-state index in [0.29, 0.717) is 12.4 Å². The van der Waals surface area contributed by atoms with Gasteiger partial charge in [-0.15, -0.1) is 0 Å². The van der Waals surface area contributed by atoms with E-state index >= 15 is 0 Å². The molecule has 0 heterocycles. The fourth-order valence-electron chi connectivity index (χ4n) is 1.02. The number of nitrogens with zero attached hydrogens (tertiary/aromatic N) is 1. The van der Waals surface area contributed by atoms with Crippen molar-refractivity contribution in [3.63, 3.8) is 0 Å². The molecule has 0 aromatic heterocycles. The van der Waals surface area contributed by atoms with Crippen LogP contribution in [0.15, 0.2) is 24.3 Å². The number of anilines is 1. The van der Waals surface area contributed by atoms with Crippen LogP contribution in [0.2, 0.25) is 0 Å². The molecule has 0 saturated carbocycles. The number of ether oxygens (including phenoxy) is 1. The SMILES string of the molecule is COCN(C)c1ccccc1F. The van der Waals surface area contributed by atoms with E-state index in [2.05, 4.69) is 0 Å². The third-order valence-electron chi connectivity index (χ3n) is 1.59. The number of benzene rings is 1. The molecule has 12 heavy (non-hydrogen) atoms. The average molecular weight is 169 g/mol. The monoisotopic (exact) mass is 169 g/mol. The lowest BCUT2D eigenvalue weighted by atomic mass is 10.3. The summed E-state index contributed by atoms with van der Waals surface area (Å²) >= 11 is 0. The van der Waals surface area contributed by atoms with Crippen LogP contribution in [-0.4, -0.2) is 20.9 Å². The Labute approximate surface area is 71.6 Å². The Hall–Kier alpha value is -1.09. The molecule has 0 bridgehead atoms. The van der Waals surface area contributed by atoms with Gasteiger partial charge in [0, 0.05) is 14.2 Å². The summed E-state index contributed by atoms with van der Waals surface area (Å²) in [7, 11) is 3.36. The van der Waals surface area contributed by atoms with Crippen LogP contribution in [0.25, 0.3) is 0 Å². The normalized spacial score (nSPS) is 9.92. The fraction of sp³-hybridized carbons (Fsp3) is 0.333. The molecule has 0 N–H and O–H groups in total. The maximum absolute atomic E-state index is 13.1. The van der Waals surface area contributed by atoms with Crippen molar-refractivity contribution in [2.24, 2.45) is 0 Å². The summed E-state index contributed by atoms with van der Waals surface area (Å²) in [5.41, 5.74) is 0.555. The third kappa shape index (κ3) is 1.95. The van der Waals surface area contributed by atoms with E-state index in [0.717, 1.165) is 0 Å². The average Bonchev–Trinajstić information content (AvgIpc) is 2.05. The molecule has 1 rings (SSSR count). The Kier molecular flexibility index (Phi) is 3.05. The highest BCUT2D eigenvalue weighted by Crippen LogP contribution is 2.16. The zero-order valence-electron chi connectivity index (χ0n) is 7.25. The molecule has 0 spiro atoms. The molecule has 0 unspecified atom stereocenters. The van der Waals surface area contributed by atoms with E-state index in [1.54, 1.807) is 37.3 Å². The minimum absolute atomic E-state index is 0.225. The number of methoxy groups -OCH3 is 1. The summed E-state index contributed by atoms with van der Waals surface area (Å²) in [6.07, 6.45) is 0. The van der Waals surface area contributed by atoms with Gasteiger partial charge in [0.25, 0.3) is 0 Å². The van der Waals surface area contributed by atoms with Gasteiger partial charge in [0.2, 0.25) is 0 Å². The molecule has 66 valence electrons. The van der Waals surface area contributed by atoms with Gasteiger partial charge >= 0.3 is 0 Å². The van der Waals surface area contributed by atoms with Gasteiger partial charge in [-0.3, -0.25) is 0 Å². The number of para-hydroxylation sites is 1. The first kappa shape index (κ1) is 9.00. The van der Waals surface area contributed by atoms with E-state index in [-0.39, 0.29) is 5.82 Å². The molecular weight excluding hydrogens is 157 g/mol. The van der Waals surface area contributed by atoms with E-state index in [9.17, 15) is 4.39 Å². The van der Waals surface area contributed by atoms with Crippen LogP contribution in [0.5, 0.6) is 0 Å². The highest BCUT2D eigenvalue weighted by atomic mass is 19.1. The van der Waals surface area contributed by atoms with Gasteiger partial charge in [0.05, 0.1) is 5.69 Å². The van der Waals surface area contributed by atoms with Crippen LogP contribution in [-0.2, 0) is 4.74 Å². The number of rotatable bonds is 3. The summed E-state index contributed by atoms with van der Waals surface area (Å²) < 4.78 is 17.9. The zero-order valence-corrected chi connectivity index (χ0v) is 7.25. The molecule has 3 heteroatoms. The van der Waals surface area contributed by atoms with Crippen LogP contribution in [0.4, 0.5) is 10.1 Å². The Bertz CT molecular complexity index is 252. The zero-order chi connectivity index (χ0) is 8.97. The molecule has 0 amide bonds. The first-order chi connectivity index (χ1) is 5.75. The van der Waals surface area contributed by atoms with Gasteiger partial charge in [-0.25, -0.2) is 4.39 Å². The van der Waals surface area contributed by atoms with Crippen molar-refractivity contribution in [1.82, 2.24) is 0 Å². The van der Waals surface area contributed by atoms with Gasteiger partial charge in [-0.2, -0.15) is 0 Å². The highest BCUT2D eigenvalue weighted by molar-refractivity contribution is 5.46. The number of hydrogen-bond donors (Lipinski definition) is 0. The smallest absolute Gasteiger partial charge is 0.146 e. The molecule has 1 aromatic rings. The minimum atomic E-state index is -0.225. The molecule has 0 fully saturated rings. The van der Waals surface area contributed by atoms with E-state index in [1.165, 1.54) is 6.07 Å². The largest absolute Gasteiger partial charge is 0.364 e. The summed E-state index contributed by atoms with van der Waals surface area (Å²) in [4.78, 5) is 1.70. The minimum Gasteiger partial charge on any atom is -0.364 e. The van der Waals surface area contributed by atoms with Crippen molar-refractivity contribution in [3.05, 3.63) is 30.1 Å². The lowest BCUT2D eigenvalue weighted by Crippen LogP contribution is -2.20. The first-order valence-electron chi connectivity index (χ1n) is 3.70. The Morgan fingerprint density at radius 3 is 2.67 bits per heavy atom. The van der Waals surface area contributed by atoms with Crippen LogP contribution in [0.3, 0.4) is 0 Å². The predicted octanol–water partition coefficient (Wildman–Crippen LogP) is 1.87. The Morgan fingerprint density at radius 1 is 1.42 bits per heavy atom. The predicted molar refractivity (Wildman–Crippen MR) is 46.7 cm³/mol. The lowest BCUT2D eigenvalue weighted by Gasteiger charge is -2.18. The van der Waals surface area contributed by atoms with Gasteiger partial charge in [-0.1, -0.05) is 12.1 Å². The van der Waals surface area contributed by atoms with Crippen LogP contribution in [0.1, 0.15) is 0 Å². The second kappa shape index (κ2) is 4.07. The maximum Gasteiger partial charge on any atom is 0.146 e. The highest BCUT2D eigenvalue weighted by Gasteiger charge is 2.04. The quantitative estimate of drug-likeness (QED) is 0.640. The summed E-state index contributed by atoms with van der Waals surface area (Å²) in [5, 5.41) is 0. The molecule has 2 nitrogen and oxygen atoms in total. The van der Waals surface area contributed by atoms with Gasteiger partial charge in [0.15, 0.2) is 0 Å². The standard InChI is InChI=1S/C9H12FNO/c1-11(7-12-2)9-6-4-3-5-8(9)10/h3-6H,7H2,1-2H3. The van der Waals surface area contributed by atoms with Gasteiger partial charge in [-0.05, 0) is 12.1 Å². The molecule has 0 aliphatic carbocycles. The summed E-state index contributed by atoms with van der Waals surface area (Å²) in [6.45, 7) is 0.390. The van der Waals surface area contributed by atoms with Crippen LogP contribution >= 0.6 is 0 Å². The van der Waals surface area contributed by atoms with E-state index < -0.39 is 0 Å². The van der Waals surface area contributed by atoms with E-state index in [1.807, 2.05) is 0 Å². The van der Waals surface area contributed by atoms with E-state index in [4.69, 9.17) is 4.74 Å². The number of halogens is 1. The van der Waals surface area contributed by atoms with Crippen molar-refractivity contribution < 1.29 is 9.13 Å². The molecular formula is C9H12FNO. The van der Waals surface area contributed by atoms with Crippen LogP contribution < -0.4 is 4.90 Å². The van der Waals surface area contributed by atoms with Crippen molar-refractivity contribution >= 4 is 5.69 Å². The van der Waals surface area contributed by atoms with Crippen LogP contribution in [0, 0.1) is 5.82 Å².